The van der Waals surface area contributed by atoms with Gasteiger partial charge in [-0.1, -0.05) is 18.2 Å². The number of para-hydroxylation sites is 1. The number of hydrogen-bond acceptors (Lipinski definition) is 4. The van der Waals surface area contributed by atoms with Gasteiger partial charge in [-0.15, -0.1) is 0 Å². The minimum atomic E-state index is 0.0245. The molecule has 4 rings (SSSR count). The van der Waals surface area contributed by atoms with Crippen molar-refractivity contribution in [2.75, 3.05) is 38.4 Å². The molecule has 1 amide bonds. The number of rotatable bonds is 4. The van der Waals surface area contributed by atoms with Crippen LogP contribution < -0.4 is 14.4 Å². The molecule has 1 saturated heterocycles. The molecule has 0 bridgehead atoms. The van der Waals surface area contributed by atoms with E-state index in [-0.39, 0.29) is 12.7 Å². The molecule has 0 radical (unpaired) electrons. The highest BCUT2D eigenvalue weighted by Crippen LogP contribution is 2.33. The van der Waals surface area contributed by atoms with Gasteiger partial charge < -0.3 is 19.3 Å². The zero-order valence-electron chi connectivity index (χ0n) is 14.4. The molecular weight excluding hydrogens is 316 g/mol. The van der Waals surface area contributed by atoms with E-state index in [4.69, 9.17) is 9.47 Å². The normalized spacial score (nSPS) is 18.4. The van der Waals surface area contributed by atoms with Crippen LogP contribution in [-0.2, 0) is 0 Å². The van der Waals surface area contributed by atoms with Crippen molar-refractivity contribution in [3.05, 3.63) is 54.1 Å². The zero-order chi connectivity index (χ0) is 17.2. The SMILES string of the molecule is CN(CC1CCN(c2ccccc2)C1)C(=O)c1ccc2c(c1)OCO2. The Hall–Kier alpha value is -2.69. The number of hydrogen-bond donors (Lipinski definition) is 0. The van der Waals surface area contributed by atoms with E-state index in [0.29, 0.717) is 23.0 Å². The third-order valence-electron chi connectivity index (χ3n) is 4.91. The summed E-state index contributed by atoms with van der Waals surface area (Å²) in [7, 11) is 1.87. The Morgan fingerprint density at radius 1 is 1.16 bits per heavy atom. The predicted molar refractivity (Wildman–Crippen MR) is 96.3 cm³/mol. The van der Waals surface area contributed by atoms with Gasteiger partial charge in [-0.25, -0.2) is 0 Å². The average Bonchev–Trinajstić information content (AvgIpc) is 3.30. The molecule has 130 valence electrons. The second-order valence-corrected chi connectivity index (χ2v) is 6.69. The van der Waals surface area contributed by atoms with Gasteiger partial charge in [-0.05, 0) is 42.7 Å². The Bertz CT molecular complexity index is 763. The summed E-state index contributed by atoms with van der Waals surface area (Å²) < 4.78 is 10.7. The van der Waals surface area contributed by atoms with Crippen molar-refractivity contribution in [3.8, 4) is 11.5 Å². The molecule has 1 unspecified atom stereocenters. The Morgan fingerprint density at radius 2 is 1.96 bits per heavy atom. The molecule has 0 aromatic heterocycles. The molecule has 0 N–H and O–H groups in total. The smallest absolute Gasteiger partial charge is 0.253 e. The average molecular weight is 338 g/mol. The number of fused-ring (bicyclic) bond motifs is 1. The predicted octanol–water partition coefficient (Wildman–Crippen LogP) is 3.01. The third-order valence-corrected chi connectivity index (χ3v) is 4.91. The molecule has 2 heterocycles. The molecule has 2 aliphatic heterocycles. The first-order valence-electron chi connectivity index (χ1n) is 8.66. The highest BCUT2D eigenvalue weighted by Gasteiger charge is 2.26. The fourth-order valence-corrected chi connectivity index (χ4v) is 3.58. The van der Waals surface area contributed by atoms with Crippen LogP contribution in [0.1, 0.15) is 16.8 Å². The van der Waals surface area contributed by atoms with Crippen molar-refractivity contribution in [2.45, 2.75) is 6.42 Å². The van der Waals surface area contributed by atoms with E-state index in [1.165, 1.54) is 5.69 Å². The van der Waals surface area contributed by atoms with E-state index < -0.39 is 0 Å². The zero-order valence-corrected chi connectivity index (χ0v) is 14.4. The number of anilines is 1. The first-order valence-corrected chi connectivity index (χ1v) is 8.66. The topological polar surface area (TPSA) is 42.0 Å². The van der Waals surface area contributed by atoms with Gasteiger partial charge in [0.2, 0.25) is 6.79 Å². The first-order chi connectivity index (χ1) is 12.2. The molecule has 2 aromatic rings. The molecule has 0 spiro atoms. The van der Waals surface area contributed by atoms with Gasteiger partial charge in [-0.3, -0.25) is 4.79 Å². The number of carbonyl (C=O) groups is 1. The van der Waals surface area contributed by atoms with E-state index in [9.17, 15) is 4.79 Å². The van der Waals surface area contributed by atoms with E-state index in [1.54, 1.807) is 18.2 Å². The minimum Gasteiger partial charge on any atom is -0.454 e. The van der Waals surface area contributed by atoms with E-state index >= 15 is 0 Å². The van der Waals surface area contributed by atoms with Crippen molar-refractivity contribution in [2.24, 2.45) is 5.92 Å². The van der Waals surface area contributed by atoms with E-state index in [1.807, 2.05) is 18.0 Å². The van der Waals surface area contributed by atoms with Gasteiger partial charge >= 0.3 is 0 Å². The Labute approximate surface area is 147 Å². The van der Waals surface area contributed by atoms with Crippen LogP contribution in [0.2, 0.25) is 0 Å². The molecule has 2 aromatic carbocycles. The van der Waals surface area contributed by atoms with Crippen LogP contribution in [-0.4, -0.2) is 44.3 Å². The van der Waals surface area contributed by atoms with Crippen LogP contribution in [0.15, 0.2) is 48.5 Å². The summed E-state index contributed by atoms with van der Waals surface area (Å²) in [6.07, 6.45) is 1.10. The quantitative estimate of drug-likeness (QED) is 0.859. The summed E-state index contributed by atoms with van der Waals surface area (Å²) in [6, 6.07) is 15.8. The highest BCUT2D eigenvalue weighted by molar-refractivity contribution is 5.94. The van der Waals surface area contributed by atoms with Crippen LogP contribution >= 0.6 is 0 Å². The van der Waals surface area contributed by atoms with Gasteiger partial charge in [0.25, 0.3) is 5.91 Å². The van der Waals surface area contributed by atoms with Gasteiger partial charge in [0.15, 0.2) is 11.5 Å². The molecule has 1 fully saturated rings. The molecule has 0 saturated carbocycles. The summed E-state index contributed by atoms with van der Waals surface area (Å²) in [5, 5.41) is 0. The Morgan fingerprint density at radius 3 is 2.80 bits per heavy atom. The van der Waals surface area contributed by atoms with Crippen molar-refractivity contribution in [1.82, 2.24) is 4.90 Å². The van der Waals surface area contributed by atoms with Crippen LogP contribution in [0.5, 0.6) is 11.5 Å². The molecule has 5 nitrogen and oxygen atoms in total. The summed E-state index contributed by atoms with van der Waals surface area (Å²) in [5.41, 5.74) is 1.90. The lowest BCUT2D eigenvalue weighted by molar-refractivity contribution is 0.0776. The Kier molecular flexibility index (Phi) is 4.22. The number of amides is 1. The number of ether oxygens (including phenoxy) is 2. The summed E-state index contributed by atoms with van der Waals surface area (Å²) in [4.78, 5) is 16.9. The largest absolute Gasteiger partial charge is 0.454 e. The van der Waals surface area contributed by atoms with Crippen LogP contribution in [0.25, 0.3) is 0 Å². The molecular formula is C20H22N2O3. The molecule has 0 aliphatic carbocycles. The molecule has 1 atom stereocenters. The lowest BCUT2D eigenvalue weighted by atomic mass is 10.1. The highest BCUT2D eigenvalue weighted by atomic mass is 16.7. The first kappa shape index (κ1) is 15.8. The van der Waals surface area contributed by atoms with Crippen molar-refractivity contribution in [3.63, 3.8) is 0 Å². The molecule has 2 aliphatic rings. The third kappa shape index (κ3) is 3.27. The van der Waals surface area contributed by atoms with E-state index in [0.717, 1.165) is 26.1 Å². The van der Waals surface area contributed by atoms with E-state index in [2.05, 4.69) is 29.2 Å². The Balaban J connectivity index is 1.37. The minimum absolute atomic E-state index is 0.0245. The fourth-order valence-electron chi connectivity index (χ4n) is 3.58. The monoisotopic (exact) mass is 338 g/mol. The van der Waals surface area contributed by atoms with Gasteiger partial charge in [-0.2, -0.15) is 0 Å². The maximum Gasteiger partial charge on any atom is 0.253 e. The van der Waals surface area contributed by atoms with Crippen molar-refractivity contribution < 1.29 is 14.3 Å². The van der Waals surface area contributed by atoms with Crippen molar-refractivity contribution in [1.29, 1.82) is 0 Å². The van der Waals surface area contributed by atoms with Crippen molar-refractivity contribution >= 4 is 11.6 Å². The van der Waals surface area contributed by atoms with Gasteiger partial charge in [0.1, 0.15) is 0 Å². The number of nitrogens with zero attached hydrogens (tertiary/aromatic N) is 2. The van der Waals surface area contributed by atoms with Gasteiger partial charge in [0.05, 0.1) is 0 Å². The maximum absolute atomic E-state index is 12.7. The fraction of sp³-hybridized carbons (Fsp3) is 0.350. The number of carbonyl (C=O) groups excluding carboxylic acids is 1. The van der Waals surface area contributed by atoms with Gasteiger partial charge in [0, 0.05) is 37.9 Å². The summed E-state index contributed by atoms with van der Waals surface area (Å²) in [5.74, 6) is 1.86. The summed E-state index contributed by atoms with van der Waals surface area (Å²) >= 11 is 0. The molecule has 25 heavy (non-hydrogen) atoms. The van der Waals surface area contributed by atoms with Crippen LogP contribution in [0.4, 0.5) is 5.69 Å². The molecule has 5 heteroatoms. The van der Waals surface area contributed by atoms with Crippen LogP contribution in [0.3, 0.4) is 0 Å². The second-order valence-electron chi connectivity index (χ2n) is 6.69. The van der Waals surface area contributed by atoms with Crippen LogP contribution in [0, 0.1) is 5.92 Å². The number of benzene rings is 2. The lowest BCUT2D eigenvalue weighted by Gasteiger charge is -2.23. The summed E-state index contributed by atoms with van der Waals surface area (Å²) in [6.45, 7) is 3.01. The lowest BCUT2D eigenvalue weighted by Crippen LogP contribution is -2.33. The second kappa shape index (κ2) is 6.67. The standard InChI is InChI=1S/C20H22N2O3/c1-21(20(23)16-7-8-18-19(11-16)25-14-24-18)12-15-9-10-22(13-15)17-5-3-2-4-6-17/h2-8,11,15H,9-10,12-14H2,1H3. The maximum atomic E-state index is 12.7.